The van der Waals surface area contributed by atoms with Crippen LogP contribution in [0.25, 0.3) is 0 Å². The summed E-state index contributed by atoms with van der Waals surface area (Å²) in [6.07, 6.45) is -1.17. The molecule has 0 fully saturated rings. The van der Waals surface area contributed by atoms with Crippen LogP contribution >= 0.6 is 47.0 Å². The Morgan fingerprint density at radius 1 is 1.00 bits per heavy atom. The number of hydrogen-bond donors (Lipinski definition) is 3. The molecule has 12 heteroatoms. The van der Waals surface area contributed by atoms with E-state index >= 15 is 0 Å². The average molecular weight is 537 g/mol. The fourth-order valence-corrected chi connectivity index (χ4v) is 3.29. The summed E-state index contributed by atoms with van der Waals surface area (Å²) in [4.78, 5) is 12.9. The van der Waals surface area contributed by atoms with Crippen LogP contribution in [0.1, 0.15) is 17.3 Å². The first kappa shape index (κ1) is 26.9. The molecule has 0 bridgehead atoms. The van der Waals surface area contributed by atoms with Crippen molar-refractivity contribution in [3.05, 3.63) is 42.0 Å². The zero-order valence-corrected chi connectivity index (χ0v) is 21.4. The summed E-state index contributed by atoms with van der Waals surface area (Å²) < 4.78 is 19.3. The highest BCUT2D eigenvalue weighted by molar-refractivity contribution is 7.80. The van der Waals surface area contributed by atoms with Gasteiger partial charge >= 0.3 is 0 Å². The smallest absolute Gasteiger partial charge is 0.253 e. The van der Waals surface area contributed by atoms with Crippen LogP contribution in [-0.4, -0.2) is 48.9 Å². The Kier molecular flexibility index (Phi) is 9.97. The van der Waals surface area contributed by atoms with Gasteiger partial charge in [0.05, 0.1) is 27.9 Å². The van der Waals surface area contributed by atoms with Crippen LogP contribution in [0.3, 0.4) is 0 Å². The normalized spacial score (nSPS) is 11.7. The molecule has 0 aliphatic rings. The molecule has 0 heterocycles. The first-order chi connectivity index (χ1) is 15.6. The third-order valence-corrected chi connectivity index (χ3v) is 5.10. The van der Waals surface area contributed by atoms with Gasteiger partial charge in [0.2, 0.25) is 9.54 Å². The highest BCUT2D eigenvalue weighted by atomic mass is 35.6. The zero-order valence-electron chi connectivity index (χ0n) is 18.3. The fourth-order valence-electron chi connectivity index (χ4n) is 2.73. The Labute approximate surface area is 212 Å². The van der Waals surface area contributed by atoms with Gasteiger partial charge in [0.25, 0.3) is 5.91 Å². The van der Waals surface area contributed by atoms with Crippen molar-refractivity contribution in [1.82, 2.24) is 10.6 Å². The standard InChI is InChI=1S/C21H24Cl3N3O5S/c1-5-32-14-8-6-13(7-9-14)25-20(33)27-19(21(22,23)24)26-18(28)12-10-15(29-2)17(31-4)16(11-12)30-3/h6-11,19H,5H2,1-4H3,(H,26,28)(H2,25,27,33). The van der Waals surface area contributed by atoms with Crippen LogP contribution in [0.15, 0.2) is 36.4 Å². The Morgan fingerprint density at radius 2 is 1.58 bits per heavy atom. The van der Waals surface area contributed by atoms with Crippen LogP contribution in [-0.2, 0) is 0 Å². The van der Waals surface area contributed by atoms with Gasteiger partial charge in [0, 0.05) is 11.3 Å². The van der Waals surface area contributed by atoms with E-state index in [9.17, 15) is 4.79 Å². The summed E-state index contributed by atoms with van der Waals surface area (Å²) in [5, 5.41) is 8.50. The first-order valence-electron chi connectivity index (χ1n) is 9.60. The number of carbonyl (C=O) groups is 1. The Morgan fingerprint density at radius 3 is 2.03 bits per heavy atom. The SMILES string of the molecule is CCOc1ccc(NC(=S)NC(NC(=O)c2cc(OC)c(OC)c(OC)c2)C(Cl)(Cl)Cl)cc1. The largest absolute Gasteiger partial charge is 0.494 e. The molecule has 0 radical (unpaired) electrons. The van der Waals surface area contributed by atoms with Gasteiger partial charge < -0.3 is 34.9 Å². The lowest BCUT2D eigenvalue weighted by atomic mass is 10.1. The summed E-state index contributed by atoms with van der Waals surface area (Å²) in [5.41, 5.74) is 0.867. The summed E-state index contributed by atoms with van der Waals surface area (Å²) in [5.74, 6) is 1.09. The van der Waals surface area contributed by atoms with E-state index in [2.05, 4.69) is 16.0 Å². The van der Waals surface area contributed by atoms with Gasteiger partial charge in [0.1, 0.15) is 11.9 Å². The molecule has 0 saturated heterocycles. The number of hydrogen-bond acceptors (Lipinski definition) is 6. The van der Waals surface area contributed by atoms with E-state index in [1.54, 1.807) is 24.3 Å². The van der Waals surface area contributed by atoms with Crippen LogP contribution in [0.5, 0.6) is 23.0 Å². The van der Waals surface area contributed by atoms with Crippen LogP contribution < -0.4 is 34.9 Å². The van der Waals surface area contributed by atoms with Crippen molar-refractivity contribution in [1.29, 1.82) is 0 Å². The van der Waals surface area contributed by atoms with Crippen molar-refractivity contribution in [3.8, 4) is 23.0 Å². The van der Waals surface area contributed by atoms with Crippen molar-refractivity contribution in [2.24, 2.45) is 0 Å². The number of thiocarbonyl (C=S) groups is 1. The minimum absolute atomic E-state index is 0.126. The van der Waals surface area contributed by atoms with Crippen molar-refractivity contribution >= 4 is 63.7 Å². The number of amides is 1. The van der Waals surface area contributed by atoms with E-state index < -0.39 is 15.9 Å². The van der Waals surface area contributed by atoms with Crippen molar-refractivity contribution < 1.29 is 23.7 Å². The maximum Gasteiger partial charge on any atom is 0.253 e. The lowest BCUT2D eigenvalue weighted by molar-refractivity contribution is 0.0933. The molecule has 2 aromatic carbocycles. The van der Waals surface area contributed by atoms with Gasteiger partial charge in [0.15, 0.2) is 16.6 Å². The Bertz CT molecular complexity index is 946. The summed E-state index contributed by atoms with van der Waals surface area (Å²) in [7, 11) is 4.34. The van der Waals surface area contributed by atoms with Crippen LogP contribution in [0.2, 0.25) is 0 Å². The molecule has 8 nitrogen and oxygen atoms in total. The predicted molar refractivity (Wildman–Crippen MR) is 135 cm³/mol. The number of anilines is 1. The van der Waals surface area contributed by atoms with E-state index in [1.807, 2.05) is 6.92 Å². The number of benzene rings is 2. The number of alkyl halides is 3. The second-order valence-electron chi connectivity index (χ2n) is 6.42. The molecule has 3 N–H and O–H groups in total. The van der Waals surface area contributed by atoms with E-state index in [4.69, 9.17) is 66.0 Å². The van der Waals surface area contributed by atoms with E-state index in [-0.39, 0.29) is 10.7 Å². The fraction of sp³-hybridized carbons (Fsp3) is 0.333. The monoisotopic (exact) mass is 535 g/mol. The predicted octanol–water partition coefficient (Wildman–Crippen LogP) is 4.52. The Balaban J connectivity index is 2.16. The molecular formula is C21H24Cl3N3O5S. The molecule has 1 atom stereocenters. The third kappa shape index (κ3) is 7.60. The maximum atomic E-state index is 12.9. The van der Waals surface area contributed by atoms with E-state index in [1.165, 1.54) is 33.5 Å². The summed E-state index contributed by atoms with van der Waals surface area (Å²) >= 11 is 23.5. The van der Waals surface area contributed by atoms with Gasteiger partial charge in [-0.15, -0.1) is 0 Å². The molecular weight excluding hydrogens is 513 g/mol. The molecule has 2 rings (SSSR count). The number of nitrogens with one attached hydrogen (secondary N) is 3. The average Bonchev–Trinajstić information content (AvgIpc) is 2.78. The van der Waals surface area contributed by atoms with Crippen molar-refractivity contribution in [2.75, 3.05) is 33.3 Å². The van der Waals surface area contributed by atoms with Gasteiger partial charge in [-0.2, -0.15) is 0 Å². The Hall–Kier alpha value is -2.33. The molecule has 0 aliphatic heterocycles. The highest BCUT2D eigenvalue weighted by Crippen LogP contribution is 2.38. The molecule has 0 aromatic heterocycles. The highest BCUT2D eigenvalue weighted by Gasteiger charge is 2.35. The number of methoxy groups -OCH3 is 3. The molecule has 33 heavy (non-hydrogen) atoms. The number of rotatable bonds is 9. The molecule has 2 aromatic rings. The molecule has 0 saturated carbocycles. The number of ether oxygens (including phenoxy) is 4. The lowest BCUT2D eigenvalue weighted by Crippen LogP contribution is -2.56. The lowest BCUT2D eigenvalue weighted by Gasteiger charge is -2.28. The summed E-state index contributed by atoms with van der Waals surface area (Å²) in [6.45, 7) is 2.46. The second-order valence-corrected chi connectivity index (χ2v) is 9.20. The van der Waals surface area contributed by atoms with Crippen LogP contribution in [0.4, 0.5) is 5.69 Å². The topological polar surface area (TPSA) is 90.1 Å². The molecule has 0 aliphatic carbocycles. The van der Waals surface area contributed by atoms with Crippen LogP contribution in [0, 0.1) is 0 Å². The van der Waals surface area contributed by atoms with Gasteiger partial charge in [-0.05, 0) is 55.5 Å². The minimum Gasteiger partial charge on any atom is -0.494 e. The van der Waals surface area contributed by atoms with Gasteiger partial charge in [-0.3, -0.25) is 4.79 Å². The molecule has 180 valence electrons. The minimum atomic E-state index is -1.93. The molecule has 0 spiro atoms. The van der Waals surface area contributed by atoms with Gasteiger partial charge in [-0.1, -0.05) is 34.8 Å². The van der Waals surface area contributed by atoms with Gasteiger partial charge in [-0.25, -0.2) is 0 Å². The second kappa shape index (κ2) is 12.2. The zero-order chi connectivity index (χ0) is 24.6. The van der Waals surface area contributed by atoms with E-state index in [0.717, 1.165) is 5.75 Å². The van der Waals surface area contributed by atoms with Crippen molar-refractivity contribution in [3.63, 3.8) is 0 Å². The number of carbonyl (C=O) groups excluding carboxylic acids is 1. The number of halogens is 3. The third-order valence-electron chi connectivity index (χ3n) is 4.23. The molecule has 1 amide bonds. The van der Waals surface area contributed by atoms with E-state index in [0.29, 0.717) is 29.5 Å². The maximum absolute atomic E-state index is 12.9. The quantitative estimate of drug-likeness (QED) is 0.245. The molecule has 1 unspecified atom stereocenters. The van der Waals surface area contributed by atoms with Crippen molar-refractivity contribution in [2.45, 2.75) is 16.9 Å². The summed E-state index contributed by atoms with van der Waals surface area (Å²) in [6, 6.07) is 10.1. The first-order valence-corrected chi connectivity index (χ1v) is 11.1.